The van der Waals surface area contributed by atoms with Crippen molar-refractivity contribution in [1.82, 2.24) is 9.88 Å². The highest BCUT2D eigenvalue weighted by Crippen LogP contribution is 2.24. The topological polar surface area (TPSA) is 39.6 Å². The number of hydrogen-bond acceptors (Lipinski definition) is 4. The highest BCUT2D eigenvalue weighted by atomic mass is 16.3. The van der Waals surface area contributed by atoms with Gasteiger partial charge >= 0.3 is 0 Å². The molecule has 0 bridgehead atoms. The predicted octanol–water partition coefficient (Wildman–Crippen LogP) is 2.39. The molecular weight excluding hydrogens is 262 g/mol. The quantitative estimate of drug-likeness (QED) is 0.873. The Morgan fingerprint density at radius 2 is 1.90 bits per heavy atom. The number of hydrogen-bond donors (Lipinski definition) is 1. The molecule has 1 aliphatic heterocycles. The molecule has 0 atom stereocenters. The van der Waals surface area contributed by atoms with Crippen LogP contribution in [-0.2, 0) is 0 Å². The van der Waals surface area contributed by atoms with E-state index in [9.17, 15) is 5.11 Å². The van der Waals surface area contributed by atoms with Gasteiger partial charge in [-0.1, -0.05) is 0 Å². The van der Waals surface area contributed by atoms with Crippen molar-refractivity contribution in [3.05, 3.63) is 24.5 Å². The number of aromatic nitrogens is 1. The number of nitrogens with zero attached hydrogens (tertiary/aromatic N) is 3. The molecule has 1 N–H and O–H groups in total. The molecule has 1 saturated heterocycles. The zero-order chi connectivity index (χ0) is 15.3. The largest absolute Gasteiger partial charge is 0.389 e. The van der Waals surface area contributed by atoms with Crippen LogP contribution in [0.5, 0.6) is 0 Å². The summed E-state index contributed by atoms with van der Waals surface area (Å²) < 4.78 is 0. The van der Waals surface area contributed by atoms with E-state index in [0.717, 1.165) is 32.1 Å². The molecule has 2 heterocycles. The first-order valence-electron chi connectivity index (χ1n) is 8.00. The maximum Gasteiger partial charge on any atom is 0.0718 e. The Labute approximate surface area is 128 Å². The Balaban J connectivity index is 1.70. The van der Waals surface area contributed by atoms with Crippen molar-refractivity contribution in [3.8, 4) is 0 Å². The van der Waals surface area contributed by atoms with Gasteiger partial charge in [0.2, 0.25) is 0 Å². The summed E-state index contributed by atoms with van der Waals surface area (Å²) in [5.74, 6) is 0.812. The van der Waals surface area contributed by atoms with Gasteiger partial charge in [-0.15, -0.1) is 0 Å². The minimum absolute atomic E-state index is 0.598. The predicted molar refractivity (Wildman–Crippen MR) is 87.6 cm³/mol. The minimum Gasteiger partial charge on any atom is -0.389 e. The standard InChI is InChI=1S/C17H29N3O/c1-17(2,21)14-19(3)11-6-15-7-12-20(13-8-15)16-4-9-18-10-5-16/h4-5,9-10,15,21H,6-8,11-14H2,1-3H3. The van der Waals surface area contributed by atoms with E-state index in [2.05, 4.69) is 34.0 Å². The van der Waals surface area contributed by atoms with Crippen molar-refractivity contribution < 1.29 is 5.11 Å². The number of piperidine rings is 1. The number of rotatable bonds is 6. The summed E-state index contributed by atoms with van der Waals surface area (Å²) in [6, 6.07) is 4.19. The van der Waals surface area contributed by atoms with Crippen LogP contribution < -0.4 is 4.90 Å². The lowest BCUT2D eigenvalue weighted by Gasteiger charge is -2.34. The van der Waals surface area contributed by atoms with Gasteiger partial charge in [-0.2, -0.15) is 0 Å². The molecule has 1 fully saturated rings. The van der Waals surface area contributed by atoms with Crippen molar-refractivity contribution >= 4 is 5.69 Å². The fraction of sp³-hybridized carbons (Fsp3) is 0.706. The molecule has 1 aromatic rings. The number of pyridine rings is 1. The van der Waals surface area contributed by atoms with Gasteiger partial charge in [0, 0.05) is 37.7 Å². The van der Waals surface area contributed by atoms with E-state index in [0.29, 0.717) is 0 Å². The van der Waals surface area contributed by atoms with Crippen LogP contribution >= 0.6 is 0 Å². The smallest absolute Gasteiger partial charge is 0.0718 e. The molecule has 0 aliphatic carbocycles. The summed E-state index contributed by atoms with van der Waals surface area (Å²) in [6.07, 6.45) is 7.49. The third-order valence-electron chi connectivity index (χ3n) is 4.22. The van der Waals surface area contributed by atoms with Crippen molar-refractivity contribution in [3.63, 3.8) is 0 Å². The minimum atomic E-state index is -0.598. The molecule has 0 unspecified atom stereocenters. The van der Waals surface area contributed by atoms with E-state index >= 15 is 0 Å². The van der Waals surface area contributed by atoms with Gasteiger partial charge in [0.05, 0.1) is 5.60 Å². The number of likely N-dealkylation sites (N-methyl/N-ethyl adjacent to an activating group) is 1. The van der Waals surface area contributed by atoms with Gasteiger partial charge in [0.1, 0.15) is 0 Å². The van der Waals surface area contributed by atoms with Crippen LogP contribution in [0.25, 0.3) is 0 Å². The zero-order valence-corrected chi connectivity index (χ0v) is 13.6. The molecule has 21 heavy (non-hydrogen) atoms. The highest BCUT2D eigenvalue weighted by molar-refractivity contribution is 5.44. The number of aliphatic hydroxyl groups is 1. The molecule has 2 rings (SSSR count). The van der Waals surface area contributed by atoms with Gasteiger partial charge in [0.15, 0.2) is 0 Å². The van der Waals surface area contributed by atoms with Crippen LogP contribution in [0.4, 0.5) is 5.69 Å². The van der Waals surface area contributed by atoms with Crippen LogP contribution in [0.3, 0.4) is 0 Å². The summed E-state index contributed by atoms with van der Waals surface area (Å²) in [5, 5.41) is 9.83. The molecule has 4 heteroatoms. The summed E-state index contributed by atoms with van der Waals surface area (Å²) in [7, 11) is 2.10. The van der Waals surface area contributed by atoms with Crippen molar-refractivity contribution in [2.45, 2.75) is 38.7 Å². The van der Waals surface area contributed by atoms with Gasteiger partial charge in [0.25, 0.3) is 0 Å². The van der Waals surface area contributed by atoms with Crippen LogP contribution in [0.15, 0.2) is 24.5 Å². The average Bonchev–Trinajstić information content (AvgIpc) is 2.45. The summed E-state index contributed by atoms with van der Waals surface area (Å²) in [6.45, 7) is 7.84. The first-order valence-corrected chi connectivity index (χ1v) is 8.00. The molecule has 1 aromatic heterocycles. The van der Waals surface area contributed by atoms with Gasteiger partial charge in [-0.3, -0.25) is 4.98 Å². The fourth-order valence-electron chi connectivity index (χ4n) is 3.18. The molecule has 0 aromatic carbocycles. The maximum atomic E-state index is 9.83. The highest BCUT2D eigenvalue weighted by Gasteiger charge is 2.21. The van der Waals surface area contributed by atoms with Gasteiger partial charge < -0.3 is 14.9 Å². The average molecular weight is 291 g/mol. The molecule has 0 radical (unpaired) electrons. The van der Waals surface area contributed by atoms with Crippen LogP contribution in [0, 0.1) is 5.92 Å². The Bertz CT molecular complexity index is 408. The Morgan fingerprint density at radius 1 is 1.29 bits per heavy atom. The fourth-order valence-corrected chi connectivity index (χ4v) is 3.18. The molecule has 0 spiro atoms. The lowest BCUT2D eigenvalue weighted by Crippen LogP contribution is -2.38. The summed E-state index contributed by atoms with van der Waals surface area (Å²) in [5.41, 5.74) is 0.696. The molecular formula is C17H29N3O. The van der Waals surface area contributed by atoms with Crippen LogP contribution in [0.1, 0.15) is 33.1 Å². The lowest BCUT2D eigenvalue weighted by molar-refractivity contribution is 0.0428. The molecule has 118 valence electrons. The third kappa shape index (κ3) is 5.64. The second-order valence-electron chi connectivity index (χ2n) is 6.97. The van der Waals surface area contributed by atoms with Crippen LogP contribution in [0.2, 0.25) is 0 Å². The van der Waals surface area contributed by atoms with E-state index in [4.69, 9.17) is 0 Å². The summed E-state index contributed by atoms with van der Waals surface area (Å²) >= 11 is 0. The van der Waals surface area contributed by atoms with Crippen LogP contribution in [-0.4, -0.2) is 53.8 Å². The first kappa shape index (κ1) is 16.2. The normalized spacial score (nSPS) is 17.5. The molecule has 0 saturated carbocycles. The Hall–Kier alpha value is -1.13. The Kier molecular flexibility index (Phi) is 5.59. The van der Waals surface area contributed by atoms with E-state index in [1.165, 1.54) is 24.9 Å². The second kappa shape index (κ2) is 7.23. The monoisotopic (exact) mass is 291 g/mol. The second-order valence-corrected chi connectivity index (χ2v) is 6.97. The number of anilines is 1. The van der Waals surface area contributed by atoms with Crippen molar-refractivity contribution in [2.24, 2.45) is 5.92 Å². The van der Waals surface area contributed by atoms with Gasteiger partial charge in [-0.25, -0.2) is 0 Å². The Morgan fingerprint density at radius 3 is 2.48 bits per heavy atom. The summed E-state index contributed by atoms with van der Waals surface area (Å²) in [4.78, 5) is 8.78. The van der Waals surface area contributed by atoms with E-state index in [1.54, 1.807) is 0 Å². The van der Waals surface area contributed by atoms with E-state index in [-0.39, 0.29) is 0 Å². The SMILES string of the molecule is CN(CCC1CCN(c2ccncc2)CC1)CC(C)(C)O. The van der Waals surface area contributed by atoms with E-state index < -0.39 is 5.60 Å². The van der Waals surface area contributed by atoms with Gasteiger partial charge in [-0.05, 0) is 64.8 Å². The maximum absolute atomic E-state index is 9.83. The van der Waals surface area contributed by atoms with Crippen molar-refractivity contribution in [1.29, 1.82) is 0 Å². The lowest BCUT2D eigenvalue weighted by atomic mass is 9.93. The molecule has 0 amide bonds. The van der Waals surface area contributed by atoms with E-state index in [1.807, 2.05) is 26.2 Å². The van der Waals surface area contributed by atoms with Crippen molar-refractivity contribution in [2.75, 3.05) is 38.1 Å². The third-order valence-corrected chi connectivity index (χ3v) is 4.22. The molecule has 1 aliphatic rings. The zero-order valence-electron chi connectivity index (χ0n) is 13.6. The molecule has 4 nitrogen and oxygen atoms in total. The first-order chi connectivity index (χ1) is 9.94.